The van der Waals surface area contributed by atoms with E-state index in [1.54, 1.807) is 31.4 Å². The van der Waals surface area contributed by atoms with E-state index in [4.69, 9.17) is 9.47 Å². The summed E-state index contributed by atoms with van der Waals surface area (Å²) in [6.45, 7) is 0.891. The lowest BCUT2D eigenvalue weighted by atomic mass is 10.3. The van der Waals surface area contributed by atoms with Crippen LogP contribution in [0.5, 0.6) is 11.5 Å². The Morgan fingerprint density at radius 1 is 0.950 bits per heavy atom. The Bertz CT molecular complexity index is 558. The molecule has 1 N–H and O–H groups in total. The summed E-state index contributed by atoms with van der Waals surface area (Å²) < 4.78 is 36.2. The van der Waals surface area contributed by atoms with Crippen LogP contribution in [0.2, 0.25) is 0 Å². The van der Waals surface area contributed by atoms with E-state index in [0.29, 0.717) is 18.8 Å². The molecular formula is C15H15F2NO2. The van der Waals surface area contributed by atoms with E-state index in [1.807, 2.05) is 0 Å². The van der Waals surface area contributed by atoms with Crippen molar-refractivity contribution in [2.75, 3.05) is 25.6 Å². The van der Waals surface area contributed by atoms with Gasteiger partial charge in [-0.25, -0.2) is 8.78 Å². The lowest BCUT2D eigenvalue weighted by Gasteiger charge is -2.09. The molecule has 106 valence electrons. The van der Waals surface area contributed by atoms with Crippen molar-refractivity contribution in [3.63, 3.8) is 0 Å². The van der Waals surface area contributed by atoms with E-state index >= 15 is 0 Å². The minimum Gasteiger partial charge on any atom is -0.497 e. The van der Waals surface area contributed by atoms with Gasteiger partial charge in [0, 0.05) is 18.3 Å². The van der Waals surface area contributed by atoms with Crippen molar-refractivity contribution >= 4 is 5.69 Å². The molecule has 0 bridgehead atoms. The van der Waals surface area contributed by atoms with Gasteiger partial charge in [-0.05, 0) is 36.4 Å². The second kappa shape index (κ2) is 6.75. The Balaban J connectivity index is 1.76. The molecule has 2 aromatic rings. The molecule has 2 aromatic carbocycles. The van der Waals surface area contributed by atoms with Crippen LogP contribution in [-0.4, -0.2) is 20.3 Å². The van der Waals surface area contributed by atoms with Crippen molar-refractivity contribution < 1.29 is 18.3 Å². The number of halogens is 2. The summed E-state index contributed by atoms with van der Waals surface area (Å²) in [4.78, 5) is 0. The fourth-order valence-corrected chi connectivity index (χ4v) is 1.64. The summed E-state index contributed by atoms with van der Waals surface area (Å²) in [5.41, 5.74) is 0.516. The number of nitrogens with one attached hydrogen (secondary N) is 1. The fraction of sp³-hybridized carbons (Fsp3) is 0.200. The molecule has 5 heteroatoms. The molecule has 0 aromatic heterocycles. The predicted molar refractivity (Wildman–Crippen MR) is 73.3 cm³/mol. The Morgan fingerprint density at radius 2 is 1.65 bits per heavy atom. The predicted octanol–water partition coefficient (Wildman–Crippen LogP) is 3.46. The second-order valence-corrected chi connectivity index (χ2v) is 4.08. The number of anilines is 1. The first-order valence-electron chi connectivity index (χ1n) is 6.15. The van der Waals surface area contributed by atoms with E-state index in [2.05, 4.69) is 5.32 Å². The van der Waals surface area contributed by atoms with Gasteiger partial charge in [0.05, 0.1) is 7.11 Å². The average Bonchev–Trinajstić information content (AvgIpc) is 2.48. The van der Waals surface area contributed by atoms with Crippen molar-refractivity contribution in [2.24, 2.45) is 0 Å². The number of methoxy groups -OCH3 is 1. The SMILES string of the molecule is COc1ccc(OCCNc2ccc(F)c(F)c2)cc1. The molecule has 0 aliphatic heterocycles. The van der Waals surface area contributed by atoms with Crippen LogP contribution in [0.1, 0.15) is 0 Å². The molecular weight excluding hydrogens is 264 g/mol. The first kappa shape index (κ1) is 14.1. The van der Waals surface area contributed by atoms with Crippen LogP contribution < -0.4 is 14.8 Å². The highest BCUT2D eigenvalue weighted by atomic mass is 19.2. The fourth-order valence-electron chi connectivity index (χ4n) is 1.64. The van der Waals surface area contributed by atoms with Gasteiger partial charge in [-0.15, -0.1) is 0 Å². The van der Waals surface area contributed by atoms with Gasteiger partial charge in [-0.3, -0.25) is 0 Å². The second-order valence-electron chi connectivity index (χ2n) is 4.08. The summed E-state index contributed by atoms with van der Waals surface area (Å²) in [6, 6.07) is 10.9. The zero-order valence-corrected chi connectivity index (χ0v) is 11.0. The molecule has 3 nitrogen and oxygen atoms in total. The van der Waals surface area contributed by atoms with Crippen molar-refractivity contribution in [2.45, 2.75) is 0 Å². The van der Waals surface area contributed by atoms with Gasteiger partial charge in [-0.1, -0.05) is 0 Å². The average molecular weight is 279 g/mol. The Kier molecular flexibility index (Phi) is 4.76. The summed E-state index contributed by atoms with van der Waals surface area (Å²) in [5, 5.41) is 2.95. The molecule has 0 saturated carbocycles. The van der Waals surface area contributed by atoms with E-state index < -0.39 is 11.6 Å². The summed E-state index contributed by atoms with van der Waals surface area (Å²) in [6.07, 6.45) is 0. The minimum absolute atomic E-state index is 0.408. The van der Waals surface area contributed by atoms with E-state index in [0.717, 1.165) is 23.6 Å². The highest BCUT2D eigenvalue weighted by molar-refractivity contribution is 5.43. The van der Waals surface area contributed by atoms with Crippen LogP contribution >= 0.6 is 0 Å². The third-order valence-electron chi connectivity index (χ3n) is 2.68. The van der Waals surface area contributed by atoms with Crippen molar-refractivity contribution in [1.29, 1.82) is 0 Å². The molecule has 0 aliphatic carbocycles. The van der Waals surface area contributed by atoms with Crippen molar-refractivity contribution in [1.82, 2.24) is 0 Å². The summed E-state index contributed by atoms with van der Waals surface area (Å²) in [5.74, 6) is -0.244. The Labute approximate surface area is 116 Å². The van der Waals surface area contributed by atoms with Gasteiger partial charge in [0.2, 0.25) is 0 Å². The van der Waals surface area contributed by atoms with Crippen molar-refractivity contribution in [3.05, 3.63) is 54.1 Å². The molecule has 0 aliphatic rings. The molecule has 0 radical (unpaired) electrons. The van der Waals surface area contributed by atoms with Crippen LogP contribution in [0.3, 0.4) is 0 Å². The van der Waals surface area contributed by atoms with Crippen LogP contribution in [-0.2, 0) is 0 Å². The van der Waals surface area contributed by atoms with Crippen LogP contribution in [0, 0.1) is 11.6 Å². The first-order valence-corrected chi connectivity index (χ1v) is 6.15. The van der Waals surface area contributed by atoms with Gasteiger partial charge in [0.15, 0.2) is 11.6 Å². The van der Waals surface area contributed by atoms with E-state index in [9.17, 15) is 8.78 Å². The summed E-state index contributed by atoms with van der Waals surface area (Å²) >= 11 is 0. The van der Waals surface area contributed by atoms with Gasteiger partial charge < -0.3 is 14.8 Å². The minimum atomic E-state index is -0.869. The topological polar surface area (TPSA) is 30.5 Å². The van der Waals surface area contributed by atoms with Crippen molar-refractivity contribution in [3.8, 4) is 11.5 Å². The zero-order valence-electron chi connectivity index (χ0n) is 11.0. The molecule has 0 fully saturated rings. The normalized spacial score (nSPS) is 10.2. The lowest BCUT2D eigenvalue weighted by molar-refractivity contribution is 0.331. The van der Waals surface area contributed by atoms with Crippen LogP contribution in [0.15, 0.2) is 42.5 Å². The monoisotopic (exact) mass is 279 g/mol. The Morgan fingerprint density at radius 3 is 2.30 bits per heavy atom. The third kappa shape index (κ3) is 3.85. The number of hydrogen-bond donors (Lipinski definition) is 1. The van der Waals surface area contributed by atoms with Gasteiger partial charge in [0.1, 0.15) is 18.1 Å². The number of benzene rings is 2. The van der Waals surface area contributed by atoms with E-state index in [1.165, 1.54) is 6.07 Å². The van der Waals surface area contributed by atoms with E-state index in [-0.39, 0.29) is 0 Å². The maximum absolute atomic E-state index is 13.0. The van der Waals surface area contributed by atoms with Crippen LogP contribution in [0.25, 0.3) is 0 Å². The molecule has 0 saturated heterocycles. The molecule has 0 spiro atoms. The number of hydrogen-bond acceptors (Lipinski definition) is 3. The maximum Gasteiger partial charge on any atom is 0.160 e. The maximum atomic E-state index is 13.0. The largest absolute Gasteiger partial charge is 0.497 e. The summed E-state index contributed by atoms with van der Waals surface area (Å²) in [7, 11) is 1.60. The van der Waals surface area contributed by atoms with Gasteiger partial charge in [0.25, 0.3) is 0 Å². The number of rotatable bonds is 6. The smallest absolute Gasteiger partial charge is 0.160 e. The first-order chi connectivity index (χ1) is 9.69. The molecule has 20 heavy (non-hydrogen) atoms. The highest BCUT2D eigenvalue weighted by Gasteiger charge is 2.01. The molecule has 0 unspecified atom stereocenters. The standard InChI is InChI=1S/C15H15F2NO2/c1-19-12-3-5-13(6-4-12)20-9-8-18-11-2-7-14(16)15(17)10-11/h2-7,10,18H,8-9H2,1H3. The van der Waals surface area contributed by atoms with Gasteiger partial charge in [-0.2, -0.15) is 0 Å². The third-order valence-corrected chi connectivity index (χ3v) is 2.68. The zero-order chi connectivity index (χ0) is 14.4. The Hall–Kier alpha value is -2.30. The quantitative estimate of drug-likeness (QED) is 0.821. The number of ether oxygens (including phenoxy) is 2. The van der Waals surface area contributed by atoms with Gasteiger partial charge >= 0.3 is 0 Å². The highest BCUT2D eigenvalue weighted by Crippen LogP contribution is 2.17. The molecule has 0 amide bonds. The molecule has 2 rings (SSSR count). The van der Waals surface area contributed by atoms with Crippen LogP contribution in [0.4, 0.5) is 14.5 Å². The molecule has 0 heterocycles. The molecule has 0 atom stereocenters. The lowest BCUT2D eigenvalue weighted by Crippen LogP contribution is -2.11.